The minimum atomic E-state index is -0.491. The fraction of sp³-hybridized carbons (Fsp3) is 0.467. The van der Waals surface area contributed by atoms with Gasteiger partial charge in [-0.3, -0.25) is 4.79 Å². The van der Waals surface area contributed by atoms with Gasteiger partial charge in [-0.25, -0.2) is 4.79 Å². The van der Waals surface area contributed by atoms with Crippen LogP contribution in [0, 0.1) is 0 Å². The maximum atomic E-state index is 11.9. The molecule has 0 spiro atoms. The predicted molar refractivity (Wildman–Crippen MR) is 75.5 cm³/mol. The molecule has 1 heterocycles. The summed E-state index contributed by atoms with van der Waals surface area (Å²) in [5.41, 5.74) is 0.137. The summed E-state index contributed by atoms with van der Waals surface area (Å²) in [6.45, 7) is 6.49. The summed E-state index contributed by atoms with van der Waals surface area (Å²) in [6, 6.07) is 9.03. The summed E-state index contributed by atoms with van der Waals surface area (Å²) >= 11 is 0. The van der Waals surface area contributed by atoms with Crippen molar-refractivity contribution in [2.75, 3.05) is 13.1 Å². The number of nitrogens with one attached hydrogen (secondary N) is 1. The predicted octanol–water partition coefficient (Wildman–Crippen LogP) is 2.04. The summed E-state index contributed by atoms with van der Waals surface area (Å²) in [7, 11) is 0. The Morgan fingerprint density at radius 3 is 2.35 bits per heavy atom. The highest BCUT2D eigenvalue weighted by molar-refractivity contribution is 5.94. The third-order valence-electron chi connectivity index (χ3n) is 2.90. The van der Waals surface area contributed by atoms with Crippen LogP contribution in [0.3, 0.4) is 0 Å². The highest BCUT2D eigenvalue weighted by atomic mass is 16.6. The van der Waals surface area contributed by atoms with Crippen molar-refractivity contribution in [3.05, 3.63) is 35.9 Å². The molecule has 0 bridgehead atoms. The Morgan fingerprint density at radius 1 is 1.20 bits per heavy atom. The Balaban J connectivity index is 1.77. The number of carbonyl (C=O) groups excluding carboxylic acids is 2. The van der Waals surface area contributed by atoms with Crippen LogP contribution in [0.1, 0.15) is 31.1 Å². The molecule has 0 saturated carbocycles. The molecule has 1 aliphatic heterocycles. The van der Waals surface area contributed by atoms with E-state index in [2.05, 4.69) is 5.32 Å². The molecule has 0 aromatic heterocycles. The van der Waals surface area contributed by atoms with Crippen LogP contribution < -0.4 is 5.32 Å². The van der Waals surface area contributed by atoms with Gasteiger partial charge in [0, 0.05) is 18.7 Å². The van der Waals surface area contributed by atoms with Crippen molar-refractivity contribution in [1.29, 1.82) is 0 Å². The lowest BCUT2D eigenvalue weighted by atomic mass is 10.1. The average Bonchev–Trinajstić information content (AvgIpc) is 2.31. The molecular weight excluding hydrogens is 256 g/mol. The Morgan fingerprint density at radius 2 is 1.80 bits per heavy atom. The molecule has 0 radical (unpaired) electrons. The van der Waals surface area contributed by atoms with Gasteiger partial charge in [-0.2, -0.15) is 0 Å². The molecule has 2 rings (SSSR count). The van der Waals surface area contributed by atoms with Crippen molar-refractivity contribution >= 4 is 12.0 Å². The lowest BCUT2D eigenvalue weighted by Gasteiger charge is -2.39. The zero-order valence-electron chi connectivity index (χ0n) is 12.1. The number of ether oxygens (including phenoxy) is 1. The minimum Gasteiger partial charge on any atom is -0.444 e. The Kier molecular flexibility index (Phi) is 3.97. The van der Waals surface area contributed by atoms with Crippen LogP contribution >= 0.6 is 0 Å². The summed E-state index contributed by atoms with van der Waals surface area (Å²) in [6.07, 6.45) is -0.331. The van der Waals surface area contributed by atoms with Crippen LogP contribution in [0.25, 0.3) is 0 Å². The standard InChI is InChI=1S/C15H20N2O3/c1-15(2,3)20-14(19)17-9-12(10-17)16-13(18)11-7-5-4-6-8-11/h4-8,12H,9-10H2,1-3H3,(H,16,18). The third kappa shape index (κ3) is 3.73. The average molecular weight is 276 g/mol. The van der Waals surface area contributed by atoms with E-state index in [4.69, 9.17) is 4.74 Å². The van der Waals surface area contributed by atoms with Crippen LogP contribution in [0.4, 0.5) is 4.79 Å². The molecule has 0 aliphatic carbocycles. The lowest BCUT2D eigenvalue weighted by molar-refractivity contribution is 0.00533. The van der Waals surface area contributed by atoms with Crippen molar-refractivity contribution in [1.82, 2.24) is 10.2 Å². The molecular formula is C15H20N2O3. The van der Waals surface area contributed by atoms with Crippen molar-refractivity contribution in [3.8, 4) is 0 Å². The van der Waals surface area contributed by atoms with Crippen LogP contribution in [0.15, 0.2) is 30.3 Å². The summed E-state index contributed by atoms with van der Waals surface area (Å²) in [4.78, 5) is 25.2. The number of benzene rings is 1. The monoisotopic (exact) mass is 276 g/mol. The van der Waals surface area contributed by atoms with Gasteiger partial charge < -0.3 is 15.0 Å². The fourth-order valence-electron chi connectivity index (χ4n) is 1.90. The number of carbonyl (C=O) groups is 2. The van der Waals surface area contributed by atoms with Gasteiger partial charge in [-0.15, -0.1) is 0 Å². The van der Waals surface area contributed by atoms with Crippen molar-refractivity contribution in [3.63, 3.8) is 0 Å². The van der Waals surface area contributed by atoms with Crippen LogP contribution in [-0.4, -0.2) is 41.6 Å². The van der Waals surface area contributed by atoms with Gasteiger partial charge in [-0.1, -0.05) is 18.2 Å². The quantitative estimate of drug-likeness (QED) is 0.899. The second kappa shape index (κ2) is 5.53. The summed E-state index contributed by atoms with van der Waals surface area (Å²) in [5, 5.41) is 2.89. The maximum absolute atomic E-state index is 11.9. The molecule has 108 valence electrons. The van der Waals surface area contributed by atoms with E-state index in [-0.39, 0.29) is 18.0 Å². The molecule has 1 aliphatic rings. The number of amides is 2. The Bertz CT molecular complexity index is 488. The van der Waals surface area contributed by atoms with Crippen LogP contribution in [-0.2, 0) is 4.74 Å². The largest absolute Gasteiger partial charge is 0.444 e. The maximum Gasteiger partial charge on any atom is 0.410 e. The molecule has 5 nitrogen and oxygen atoms in total. The van der Waals surface area contributed by atoms with E-state index in [0.29, 0.717) is 18.7 Å². The number of likely N-dealkylation sites (tertiary alicyclic amines) is 1. The highest BCUT2D eigenvalue weighted by Crippen LogP contribution is 2.15. The van der Waals surface area contributed by atoms with E-state index >= 15 is 0 Å². The van der Waals surface area contributed by atoms with E-state index in [1.54, 1.807) is 17.0 Å². The number of hydrogen-bond acceptors (Lipinski definition) is 3. The van der Waals surface area contributed by atoms with E-state index in [0.717, 1.165) is 0 Å². The minimum absolute atomic E-state index is 0.00442. The molecule has 0 unspecified atom stereocenters. The molecule has 5 heteroatoms. The summed E-state index contributed by atoms with van der Waals surface area (Å²) < 4.78 is 5.25. The second-order valence-electron chi connectivity index (χ2n) is 5.92. The SMILES string of the molecule is CC(C)(C)OC(=O)N1CC(NC(=O)c2ccccc2)C1. The van der Waals surface area contributed by atoms with Gasteiger partial charge in [0.05, 0.1) is 6.04 Å². The first-order valence-electron chi connectivity index (χ1n) is 6.69. The molecule has 1 saturated heterocycles. The van der Waals surface area contributed by atoms with Gasteiger partial charge in [0.15, 0.2) is 0 Å². The van der Waals surface area contributed by atoms with E-state index in [1.165, 1.54) is 0 Å². The van der Waals surface area contributed by atoms with Gasteiger partial charge in [0.1, 0.15) is 5.60 Å². The number of nitrogens with zero attached hydrogens (tertiary/aromatic N) is 1. The van der Waals surface area contributed by atoms with Crippen molar-refractivity contribution in [2.45, 2.75) is 32.4 Å². The normalized spacial score (nSPS) is 15.4. The van der Waals surface area contributed by atoms with E-state index in [9.17, 15) is 9.59 Å². The molecule has 2 amide bonds. The first-order valence-corrected chi connectivity index (χ1v) is 6.69. The zero-order chi connectivity index (χ0) is 14.8. The van der Waals surface area contributed by atoms with Crippen molar-refractivity contribution in [2.24, 2.45) is 0 Å². The van der Waals surface area contributed by atoms with Crippen LogP contribution in [0.5, 0.6) is 0 Å². The fourth-order valence-corrected chi connectivity index (χ4v) is 1.90. The first kappa shape index (κ1) is 14.4. The number of rotatable bonds is 2. The van der Waals surface area contributed by atoms with Gasteiger partial charge >= 0.3 is 6.09 Å². The first-order chi connectivity index (χ1) is 9.35. The van der Waals surface area contributed by atoms with Gasteiger partial charge in [-0.05, 0) is 32.9 Å². The smallest absolute Gasteiger partial charge is 0.410 e. The third-order valence-corrected chi connectivity index (χ3v) is 2.90. The summed E-state index contributed by atoms with van der Waals surface area (Å²) in [5.74, 6) is -0.112. The molecule has 0 atom stereocenters. The second-order valence-corrected chi connectivity index (χ2v) is 5.92. The van der Waals surface area contributed by atoms with Gasteiger partial charge in [0.25, 0.3) is 5.91 Å². The molecule has 1 fully saturated rings. The lowest BCUT2D eigenvalue weighted by Crippen LogP contribution is -2.61. The van der Waals surface area contributed by atoms with Crippen LogP contribution in [0.2, 0.25) is 0 Å². The van der Waals surface area contributed by atoms with Crippen molar-refractivity contribution < 1.29 is 14.3 Å². The van der Waals surface area contributed by atoms with E-state index in [1.807, 2.05) is 39.0 Å². The Hall–Kier alpha value is -2.04. The number of hydrogen-bond donors (Lipinski definition) is 1. The van der Waals surface area contributed by atoms with E-state index < -0.39 is 5.60 Å². The van der Waals surface area contributed by atoms with Gasteiger partial charge in [0.2, 0.25) is 0 Å². The molecule has 1 aromatic rings. The topological polar surface area (TPSA) is 58.6 Å². The zero-order valence-corrected chi connectivity index (χ0v) is 12.1. The molecule has 1 aromatic carbocycles. The Labute approximate surface area is 118 Å². The molecule has 20 heavy (non-hydrogen) atoms. The molecule has 1 N–H and O–H groups in total. The highest BCUT2D eigenvalue weighted by Gasteiger charge is 2.34.